The summed E-state index contributed by atoms with van der Waals surface area (Å²) in [5.74, 6) is 0. The van der Waals surface area contributed by atoms with Gasteiger partial charge in [0.15, 0.2) is 0 Å². The summed E-state index contributed by atoms with van der Waals surface area (Å²) in [4.78, 5) is 15.3. The normalized spacial score (nSPS) is 10.5. The van der Waals surface area contributed by atoms with Crippen LogP contribution in [0.5, 0.6) is 0 Å². The van der Waals surface area contributed by atoms with E-state index in [1.807, 2.05) is 0 Å². The molecule has 0 atom stereocenters. The first-order valence-electron chi connectivity index (χ1n) is 5.17. The average Bonchev–Trinajstić information content (AvgIpc) is 2.84. The smallest absolute Gasteiger partial charge is 0.288 e. The van der Waals surface area contributed by atoms with Gasteiger partial charge in [0, 0.05) is 30.2 Å². The second kappa shape index (κ2) is 5.90. The van der Waals surface area contributed by atoms with Gasteiger partial charge < -0.3 is 5.32 Å². The minimum atomic E-state index is -0.477. The molecule has 0 spiro atoms. The molecule has 0 radical (unpaired) electrons. The summed E-state index contributed by atoms with van der Waals surface area (Å²) in [6.45, 7) is 1.25. The molecule has 0 aliphatic carbocycles. The van der Waals surface area contributed by atoms with E-state index >= 15 is 0 Å². The predicted molar refractivity (Wildman–Crippen MR) is 70.8 cm³/mol. The van der Waals surface area contributed by atoms with Crippen LogP contribution in [0.15, 0.2) is 29.9 Å². The molecule has 0 amide bonds. The topological polar surface area (TPSA) is 68.1 Å². The summed E-state index contributed by atoms with van der Waals surface area (Å²) < 4.78 is 0. The highest BCUT2D eigenvalue weighted by molar-refractivity contribution is 7.09. The highest BCUT2D eigenvalue weighted by Gasteiger charge is 2.12. The number of benzene rings is 1. The van der Waals surface area contributed by atoms with Crippen molar-refractivity contribution < 1.29 is 4.92 Å². The number of hydrogen-bond donors (Lipinski definition) is 1. The summed E-state index contributed by atoms with van der Waals surface area (Å²) in [7, 11) is 0. The van der Waals surface area contributed by atoms with Gasteiger partial charge in [-0.05, 0) is 11.6 Å². The standard InChI is InChI=1S/C11H10ClN3O2S/c12-10-2-1-8(3-11(10)15(16)17)4-13-5-9-6-14-7-18-9/h1-3,6-7,13H,4-5H2. The molecular weight excluding hydrogens is 274 g/mol. The average molecular weight is 284 g/mol. The van der Waals surface area contributed by atoms with Gasteiger partial charge in [0.05, 0.1) is 10.4 Å². The van der Waals surface area contributed by atoms with Crippen molar-refractivity contribution in [2.45, 2.75) is 13.1 Å². The largest absolute Gasteiger partial charge is 0.308 e. The van der Waals surface area contributed by atoms with Gasteiger partial charge in [-0.1, -0.05) is 17.7 Å². The lowest BCUT2D eigenvalue weighted by atomic mass is 10.2. The Hall–Kier alpha value is -1.50. The molecule has 0 aliphatic rings. The summed E-state index contributed by atoms with van der Waals surface area (Å²) >= 11 is 7.30. The Morgan fingerprint density at radius 1 is 1.44 bits per heavy atom. The van der Waals surface area contributed by atoms with Crippen LogP contribution < -0.4 is 5.32 Å². The van der Waals surface area contributed by atoms with E-state index in [4.69, 9.17) is 11.6 Å². The van der Waals surface area contributed by atoms with Crippen LogP contribution in [-0.4, -0.2) is 9.91 Å². The first-order chi connectivity index (χ1) is 8.66. The zero-order chi connectivity index (χ0) is 13.0. The number of rotatable bonds is 5. The minimum Gasteiger partial charge on any atom is -0.308 e. The molecule has 0 saturated carbocycles. The van der Waals surface area contributed by atoms with Crippen LogP contribution >= 0.6 is 22.9 Å². The number of hydrogen-bond acceptors (Lipinski definition) is 5. The van der Waals surface area contributed by atoms with Gasteiger partial charge in [0.2, 0.25) is 0 Å². The molecule has 7 heteroatoms. The fourth-order valence-electron chi connectivity index (χ4n) is 1.47. The van der Waals surface area contributed by atoms with Crippen LogP contribution in [0.4, 0.5) is 5.69 Å². The molecule has 0 aliphatic heterocycles. The lowest BCUT2D eigenvalue weighted by Gasteiger charge is -2.04. The maximum atomic E-state index is 10.7. The molecule has 5 nitrogen and oxygen atoms in total. The molecule has 0 fully saturated rings. The quantitative estimate of drug-likeness (QED) is 0.676. The van der Waals surface area contributed by atoms with Gasteiger partial charge in [-0.15, -0.1) is 11.3 Å². The zero-order valence-electron chi connectivity index (χ0n) is 9.30. The van der Waals surface area contributed by atoms with Gasteiger partial charge in [0.1, 0.15) is 5.02 Å². The van der Waals surface area contributed by atoms with Crippen molar-refractivity contribution in [1.29, 1.82) is 0 Å². The van der Waals surface area contributed by atoms with Crippen molar-refractivity contribution in [1.82, 2.24) is 10.3 Å². The zero-order valence-corrected chi connectivity index (χ0v) is 10.9. The van der Waals surface area contributed by atoms with Gasteiger partial charge in [0.25, 0.3) is 5.69 Å². The first kappa shape index (κ1) is 12.9. The Morgan fingerprint density at radius 3 is 2.94 bits per heavy atom. The Labute approximate surface area is 113 Å². The molecule has 1 aromatic carbocycles. The van der Waals surface area contributed by atoms with Crippen LogP contribution in [0.25, 0.3) is 0 Å². The van der Waals surface area contributed by atoms with E-state index < -0.39 is 4.92 Å². The van der Waals surface area contributed by atoms with Crippen LogP contribution in [0.1, 0.15) is 10.4 Å². The van der Waals surface area contributed by atoms with E-state index in [0.717, 1.165) is 10.4 Å². The molecule has 0 saturated heterocycles. The third kappa shape index (κ3) is 3.25. The maximum Gasteiger partial charge on any atom is 0.288 e. The van der Waals surface area contributed by atoms with Gasteiger partial charge >= 0.3 is 0 Å². The lowest BCUT2D eigenvalue weighted by molar-refractivity contribution is -0.384. The molecule has 18 heavy (non-hydrogen) atoms. The fourth-order valence-corrected chi connectivity index (χ4v) is 2.22. The van der Waals surface area contributed by atoms with Crippen molar-refractivity contribution in [3.05, 3.63) is 55.5 Å². The molecule has 2 aromatic rings. The SMILES string of the molecule is O=[N+]([O-])c1cc(CNCc2cncs2)ccc1Cl. The van der Waals surface area contributed by atoms with Crippen molar-refractivity contribution in [2.75, 3.05) is 0 Å². The Balaban J connectivity index is 1.97. The predicted octanol–water partition coefficient (Wildman–Crippen LogP) is 2.99. The summed E-state index contributed by atoms with van der Waals surface area (Å²) in [6, 6.07) is 4.81. The van der Waals surface area contributed by atoms with E-state index in [9.17, 15) is 10.1 Å². The van der Waals surface area contributed by atoms with E-state index in [2.05, 4.69) is 10.3 Å². The van der Waals surface area contributed by atoms with E-state index in [0.29, 0.717) is 13.1 Å². The van der Waals surface area contributed by atoms with Crippen molar-refractivity contribution in [3.8, 4) is 0 Å². The highest BCUT2D eigenvalue weighted by atomic mass is 35.5. The second-order valence-corrected chi connectivity index (χ2v) is 4.99. The van der Waals surface area contributed by atoms with Crippen LogP contribution in [0.3, 0.4) is 0 Å². The van der Waals surface area contributed by atoms with Crippen molar-refractivity contribution >= 4 is 28.6 Å². The van der Waals surface area contributed by atoms with Crippen molar-refractivity contribution in [3.63, 3.8) is 0 Å². The number of thiazole rings is 1. The number of nitrogens with one attached hydrogen (secondary N) is 1. The molecule has 1 aromatic heterocycles. The summed E-state index contributed by atoms with van der Waals surface area (Å²) in [6.07, 6.45) is 1.79. The van der Waals surface area contributed by atoms with Gasteiger partial charge in [-0.25, -0.2) is 0 Å². The van der Waals surface area contributed by atoms with E-state index in [1.165, 1.54) is 6.07 Å². The van der Waals surface area contributed by atoms with Crippen LogP contribution in [0.2, 0.25) is 5.02 Å². The van der Waals surface area contributed by atoms with Gasteiger partial charge in [-0.2, -0.15) is 0 Å². The minimum absolute atomic E-state index is 0.0613. The first-order valence-corrected chi connectivity index (χ1v) is 6.43. The molecule has 0 bridgehead atoms. The molecule has 94 valence electrons. The molecule has 1 heterocycles. The molecule has 1 N–H and O–H groups in total. The van der Waals surface area contributed by atoms with E-state index in [-0.39, 0.29) is 10.7 Å². The molecule has 0 unspecified atom stereocenters. The number of nitrogens with zero attached hydrogens (tertiary/aromatic N) is 2. The Kier molecular flexibility index (Phi) is 4.24. The van der Waals surface area contributed by atoms with Crippen LogP contribution in [0, 0.1) is 10.1 Å². The maximum absolute atomic E-state index is 10.7. The number of nitro groups is 1. The summed E-state index contributed by atoms with van der Waals surface area (Å²) in [5.41, 5.74) is 2.54. The lowest BCUT2D eigenvalue weighted by Crippen LogP contribution is -2.11. The number of aromatic nitrogens is 1. The number of nitro benzene ring substituents is 1. The third-order valence-electron chi connectivity index (χ3n) is 2.32. The highest BCUT2D eigenvalue weighted by Crippen LogP contribution is 2.24. The Bertz CT molecular complexity index is 545. The van der Waals surface area contributed by atoms with E-state index in [1.54, 1.807) is 35.2 Å². The fraction of sp³-hybridized carbons (Fsp3) is 0.182. The third-order valence-corrected chi connectivity index (χ3v) is 3.42. The van der Waals surface area contributed by atoms with Crippen LogP contribution in [-0.2, 0) is 13.1 Å². The molecular formula is C11H10ClN3O2S. The van der Waals surface area contributed by atoms with Crippen molar-refractivity contribution in [2.24, 2.45) is 0 Å². The number of halogens is 1. The monoisotopic (exact) mass is 283 g/mol. The second-order valence-electron chi connectivity index (χ2n) is 3.61. The molecule has 2 rings (SSSR count). The van der Waals surface area contributed by atoms with Gasteiger partial charge in [-0.3, -0.25) is 15.1 Å². The summed E-state index contributed by atoms with van der Waals surface area (Å²) in [5, 5.41) is 14.1. The Morgan fingerprint density at radius 2 is 2.28 bits per heavy atom.